The van der Waals surface area contributed by atoms with Crippen molar-refractivity contribution in [2.45, 2.75) is 31.2 Å². The summed E-state index contributed by atoms with van der Waals surface area (Å²) in [5, 5.41) is 16.7. The molecule has 4 aliphatic rings. The number of benzene rings is 1. The number of aliphatic hydroxyl groups excluding tert-OH is 1. The predicted octanol–water partition coefficient (Wildman–Crippen LogP) is 0.119. The Kier molecular flexibility index (Phi) is 4.17. The number of rotatable bonds is 6. The molecule has 3 N–H and O–H groups in total. The van der Waals surface area contributed by atoms with E-state index >= 15 is 0 Å². The van der Waals surface area contributed by atoms with Gasteiger partial charge in [-0.05, 0) is 18.9 Å². The number of aliphatic hydroxyl groups is 1. The van der Waals surface area contributed by atoms with E-state index in [0.29, 0.717) is 35.6 Å². The van der Waals surface area contributed by atoms with Gasteiger partial charge in [-0.25, -0.2) is 0 Å². The van der Waals surface area contributed by atoms with Gasteiger partial charge in [-0.1, -0.05) is 30.3 Å². The predicted molar refractivity (Wildman–Crippen MR) is 106 cm³/mol. The van der Waals surface area contributed by atoms with Crippen LogP contribution in [-0.2, 0) is 20.7 Å². The van der Waals surface area contributed by atoms with Gasteiger partial charge in [-0.2, -0.15) is 0 Å². The molecular formula is C22H25N3O4. The minimum atomic E-state index is -0.866. The monoisotopic (exact) mass is 395 g/mol. The molecule has 7 nitrogen and oxygen atoms in total. The van der Waals surface area contributed by atoms with E-state index in [-0.39, 0.29) is 30.3 Å². The molecule has 5 rings (SSSR count). The first-order valence-electron chi connectivity index (χ1n) is 10.1. The van der Waals surface area contributed by atoms with E-state index in [4.69, 9.17) is 4.74 Å². The number of piperazine rings is 1. The number of Topliss-reactive ketones (excluding diaryl/α,β-unsaturated/α-hetero) is 2. The Morgan fingerprint density at radius 3 is 2.72 bits per heavy atom. The van der Waals surface area contributed by atoms with Crippen LogP contribution in [0.1, 0.15) is 12.5 Å². The van der Waals surface area contributed by atoms with Crippen molar-refractivity contribution in [2.24, 2.45) is 5.92 Å². The first kappa shape index (κ1) is 18.5. The molecule has 3 heterocycles. The molecule has 4 atom stereocenters. The summed E-state index contributed by atoms with van der Waals surface area (Å²) in [7, 11) is 1.59. The Balaban J connectivity index is 1.43. The van der Waals surface area contributed by atoms with Crippen molar-refractivity contribution < 1.29 is 19.4 Å². The molecule has 0 radical (unpaired) electrons. The molecule has 1 aromatic rings. The molecule has 1 aliphatic carbocycles. The van der Waals surface area contributed by atoms with Crippen molar-refractivity contribution in [1.29, 1.82) is 0 Å². The second-order valence-corrected chi connectivity index (χ2v) is 8.14. The number of fused-ring (bicyclic) bond motifs is 4. The molecule has 0 amide bonds. The van der Waals surface area contributed by atoms with Crippen LogP contribution in [0, 0.1) is 5.92 Å². The lowest BCUT2D eigenvalue weighted by molar-refractivity contribution is -0.137. The molecule has 2 fully saturated rings. The highest BCUT2D eigenvalue weighted by molar-refractivity contribution is 6.25. The molecule has 152 valence electrons. The van der Waals surface area contributed by atoms with Gasteiger partial charge in [0.25, 0.3) is 0 Å². The van der Waals surface area contributed by atoms with E-state index in [0.717, 1.165) is 12.0 Å². The van der Waals surface area contributed by atoms with Crippen LogP contribution >= 0.6 is 0 Å². The largest absolute Gasteiger partial charge is 0.396 e. The summed E-state index contributed by atoms with van der Waals surface area (Å²) in [6.45, 7) is 2.61. The van der Waals surface area contributed by atoms with Crippen molar-refractivity contribution in [3.63, 3.8) is 0 Å². The summed E-state index contributed by atoms with van der Waals surface area (Å²) in [6, 6.07) is 10.2. The minimum absolute atomic E-state index is 0.0191. The highest BCUT2D eigenvalue weighted by Gasteiger charge is 2.72. The zero-order valence-electron chi connectivity index (χ0n) is 16.6. The number of hydrogen-bond donors (Lipinski definition) is 3. The second-order valence-electron chi connectivity index (χ2n) is 8.14. The van der Waals surface area contributed by atoms with E-state index in [1.807, 2.05) is 35.2 Å². The van der Waals surface area contributed by atoms with Crippen LogP contribution in [0.25, 0.3) is 0 Å². The Morgan fingerprint density at radius 1 is 1.28 bits per heavy atom. The van der Waals surface area contributed by atoms with Crippen molar-refractivity contribution in [1.82, 2.24) is 15.5 Å². The number of hydrogen-bond acceptors (Lipinski definition) is 7. The molecule has 7 heteroatoms. The number of allylic oxidation sites excluding steroid dienone is 2. The van der Waals surface area contributed by atoms with Gasteiger partial charge in [0.15, 0.2) is 5.72 Å². The lowest BCUT2D eigenvalue weighted by Crippen LogP contribution is -2.54. The Labute approximate surface area is 169 Å². The smallest absolute Gasteiger partial charge is 0.208 e. The Bertz CT molecular complexity index is 954. The SMILES string of the molecule is COC12C(CO)C3=C(C(=O)C(C)=C(NCCc4ccccc4)C3=O)N1CC1NC12. The third-order valence-corrected chi connectivity index (χ3v) is 6.78. The molecule has 29 heavy (non-hydrogen) atoms. The minimum Gasteiger partial charge on any atom is -0.396 e. The molecular weight excluding hydrogens is 370 g/mol. The van der Waals surface area contributed by atoms with Crippen molar-refractivity contribution in [2.75, 3.05) is 26.8 Å². The van der Waals surface area contributed by atoms with Crippen LogP contribution in [0.15, 0.2) is 52.9 Å². The van der Waals surface area contributed by atoms with Gasteiger partial charge in [0.05, 0.1) is 30.0 Å². The van der Waals surface area contributed by atoms with Crippen LogP contribution < -0.4 is 10.6 Å². The van der Waals surface area contributed by atoms with Gasteiger partial charge in [0.2, 0.25) is 11.6 Å². The van der Waals surface area contributed by atoms with E-state index in [2.05, 4.69) is 10.6 Å². The van der Waals surface area contributed by atoms with Crippen LogP contribution in [0.4, 0.5) is 0 Å². The molecule has 0 bridgehead atoms. The standard InChI is InChI=1S/C22H25N3O4/c1-12-17(23-9-8-13-6-4-3-5-7-13)20(28)16-14(11-26)22(29-2)21-15(24-21)10-25(22)18(16)19(12)27/h3-7,14-15,21,23-24,26H,8-11H2,1-2H3. The van der Waals surface area contributed by atoms with E-state index in [1.165, 1.54) is 0 Å². The lowest BCUT2D eigenvalue weighted by atomic mass is 9.82. The highest BCUT2D eigenvalue weighted by atomic mass is 16.5. The summed E-state index contributed by atoms with van der Waals surface area (Å²) in [6.07, 6.45) is 0.746. The fraction of sp³-hybridized carbons (Fsp3) is 0.455. The average molecular weight is 395 g/mol. The van der Waals surface area contributed by atoms with Crippen molar-refractivity contribution in [3.8, 4) is 0 Å². The zero-order chi connectivity index (χ0) is 20.3. The van der Waals surface area contributed by atoms with E-state index in [9.17, 15) is 14.7 Å². The fourth-order valence-electron chi connectivity index (χ4n) is 5.33. The summed E-state index contributed by atoms with van der Waals surface area (Å²) < 4.78 is 5.90. The van der Waals surface area contributed by atoms with Gasteiger partial charge < -0.3 is 25.4 Å². The second kappa shape index (κ2) is 6.52. The van der Waals surface area contributed by atoms with Crippen LogP contribution in [0.3, 0.4) is 0 Å². The van der Waals surface area contributed by atoms with Gasteiger partial charge in [0, 0.05) is 37.4 Å². The number of ether oxygens (including phenoxy) is 1. The number of ketones is 2. The van der Waals surface area contributed by atoms with Crippen LogP contribution in [0.2, 0.25) is 0 Å². The molecule has 0 spiro atoms. The summed E-state index contributed by atoms with van der Waals surface area (Å²) in [5.74, 6) is -0.907. The number of carbonyl (C=O) groups excluding carboxylic acids is 2. The topological polar surface area (TPSA) is 101 Å². The first-order valence-corrected chi connectivity index (χ1v) is 10.1. The normalized spacial score (nSPS) is 32.5. The van der Waals surface area contributed by atoms with Crippen LogP contribution in [-0.4, -0.2) is 66.2 Å². The number of carbonyl (C=O) groups is 2. The molecule has 0 aromatic heterocycles. The third kappa shape index (κ3) is 2.41. The van der Waals surface area contributed by atoms with Crippen LogP contribution in [0.5, 0.6) is 0 Å². The van der Waals surface area contributed by atoms with Crippen molar-refractivity contribution >= 4 is 11.6 Å². The number of nitrogens with one attached hydrogen (secondary N) is 2. The van der Waals surface area contributed by atoms with Crippen molar-refractivity contribution in [3.05, 3.63) is 58.4 Å². The van der Waals surface area contributed by atoms with Gasteiger partial charge >= 0.3 is 0 Å². The zero-order valence-corrected chi connectivity index (χ0v) is 16.6. The maximum atomic E-state index is 13.4. The summed E-state index contributed by atoms with van der Waals surface area (Å²) in [5.41, 5.74) is 1.87. The van der Waals surface area contributed by atoms with Gasteiger partial charge in [-0.15, -0.1) is 0 Å². The summed E-state index contributed by atoms with van der Waals surface area (Å²) >= 11 is 0. The maximum absolute atomic E-state index is 13.4. The maximum Gasteiger partial charge on any atom is 0.208 e. The fourth-order valence-corrected chi connectivity index (χ4v) is 5.33. The molecule has 4 unspecified atom stereocenters. The van der Waals surface area contributed by atoms with E-state index in [1.54, 1.807) is 14.0 Å². The van der Waals surface area contributed by atoms with E-state index < -0.39 is 11.6 Å². The Hall–Kier alpha value is -2.48. The quantitative estimate of drug-likeness (QED) is 0.465. The highest BCUT2D eigenvalue weighted by Crippen LogP contribution is 2.55. The first-order chi connectivity index (χ1) is 14.0. The molecule has 2 saturated heterocycles. The summed E-state index contributed by atoms with van der Waals surface area (Å²) in [4.78, 5) is 28.6. The lowest BCUT2D eigenvalue weighted by Gasteiger charge is -2.39. The Morgan fingerprint density at radius 2 is 2.03 bits per heavy atom. The molecule has 0 saturated carbocycles. The number of nitrogens with zero attached hydrogens (tertiary/aromatic N) is 1. The molecule has 1 aromatic carbocycles. The van der Waals surface area contributed by atoms with Gasteiger partial charge in [0.1, 0.15) is 0 Å². The third-order valence-electron chi connectivity index (χ3n) is 6.78. The number of methoxy groups -OCH3 is 1. The molecule has 3 aliphatic heterocycles. The average Bonchev–Trinajstić information content (AvgIpc) is 3.35. The van der Waals surface area contributed by atoms with Gasteiger partial charge in [-0.3, -0.25) is 9.59 Å².